The molecule has 2 aromatic carbocycles. The lowest BCUT2D eigenvalue weighted by Gasteiger charge is -2.28. The van der Waals surface area contributed by atoms with Crippen LogP contribution in [0.15, 0.2) is 54.7 Å². The number of amides is 2. The Kier molecular flexibility index (Phi) is 9.02. The minimum atomic E-state index is -4.87. The molecule has 2 amide bonds. The summed E-state index contributed by atoms with van der Waals surface area (Å²) in [5, 5.41) is 9.91. The average molecular weight is 560 g/mol. The van der Waals surface area contributed by atoms with E-state index in [-0.39, 0.29) is 29.1 Å². The summed E-state index contributed by atoms with van der Waals surface area (Å²) < 4.78 is 51.6. The molecule has 0 unspecified atom stereocenters. The van der Waals surface area contributed by atoms with Crippen molar-refractivity contribution in [2.24, 2.45) is 0 Å². The van der Waals surface area contributed by atoms with Crippen molar-refractivity contribution in [2.45, 2.75) is 39.5 Å². The number of benzene rings is 2. The summed E-state index contributed by atoms with van der Waals surface area (Å²) in [5.41, 5.74) is -0.176. The minimum absolute atomic E-state index is 0.0469. The fourth-order valence-electron chi connectivity index (χ4n) is 3.89. The molecule has 12 heteroatoms. The number of ether oxygens (including phenoxy) is 2. The molecule has 1 heterocycles. The smallest absolute Gasteiger partial charge is 0.421 e. The molecule has 0 saturated heterocycles. The number of alkyl halides is 3. The van der Waals surface area contributed by atoms with Crippen molar-refractivity contribution in [3.05, 3.63) is 82.5 Å². The summed E-state index contributed by atoms with van der Waals surface area (Å²) in [6.07, 6.45) is -4.50. The normalized spacial score (nSPS) is 11.2. The van der Waals surface area contributed by atoms with Crippen LogP contribution in [0.5, 0.6) is 11.6 Å². The summed E-state index contributed by atoms with van der Waals surface area (Å²) in [5.74, 6) is -2.89. The second-order valence-electron chi connectivity index (χ2n) is 9.24. The van der Waals surface area contributed by atoms with Gasteiger partial charge in [0.25, 0.3) is 5.91 Å². The SMILES string of the molecule is COC(=O)N(C)Cc1cnc(Oc2ccc(N(C(=O)c3ccc(C)cc3)C(C)C)c(C(=O)O)c2)c(C(F)(F)F)c1. The predicted octanol–water partition coefficient (Wildman–Crippen LogP) is 6.15. The molecule has 40 heavy (non-hydrogen) atoms. The molecule has 1 aromatic heterocycles. The van der Waals surface area contributed by atoms with Crippen LogP contribution in [0, 0.1) is 6.92 Å². The summed E-state index contributed by atoms with van der Waals surface area (Å²) in [6.45, 7) is 5.08. The lowest BCUT2D eigenvalue weighted by atomic mass is 10.1. The molecular weight excluding hydrogens is 531 g/mol. The number of aromatic nitrogens is 1. The molecular formula is C28H28F3N3O6. The van der Waals surface area contributed by atoms with Crippen molar-refractivity contribution in [2.75, 3.05) is 19.1 Å². The molecule has 0 radical (unpaired) electrons. The van der Waals surface area contributed by atoms with Crippen molar-refractivity contribution in [3.63, 3.8) is 0 Å². The molecule has 3 rings (SSSR count). The zero-order valence-corrected chi connectivity index (χ0v) is 22.4. The van der Waals surface area contributed by atoms with E-state index in [2.05, 4.69) is 9.72 Å². The quantitative estimate of drug-likeness (QED) is 0.352. The van der Waals surface area contributed by atoms with Gasteiger partial charge in [0, 0.05) is 24.8 Å². The fraction of sp³-hybridized carbons (Fsp3) is 0.286. The number of methoxy groups -OCH3 is 1. The first-order chi connectivity index (χ1) is 18.7. The number of aryl methyl sites for hydroxylation is 1. The maximum absolute atomic E-state index is 13.9. The second kappa shape index (κ2) is 12.1. The van der Waals surface area contributed by atoms with Crippen LogP contribution in [0.25, 0.3) is 0 Å². The summed E-state index contributed by atoms with van der Waals surface area (Å²) >= 11 is 0. The number of pyridine rings is 1. The molecule has 0 aliphatic carbocycles. The van der Waals surface area contributed by atoms with Gasteiger partial charge < -0.3 is 24.4 Å². The Balaban J connectivity index is 2.00. The number of hydrogen-bond donors (Lipinski definition) is 1. The highest BCUT2D eigenvalue weighted by atomic mass is 19.4. The van der Waals surface area contributed by atoms with Gasteiger partial charge in [-0.3, -0.25) is 4.79 Å². The standard InChI is InChI=1S/C28H28F3N3O6/c1-16(2)34(25(35)19-8-6-17(3)7-9-19)23-11-10-20(13-21(23)26(36)37)40-24-22(28(29,30)31)12-18(14-32-24)15-33(4)27(38)39-5/h6-14,16H,15H2,1-5H3,(H,36,37). The number of aromatic carboxylic acids is 1. The van der Waals surface area contributed by atoms with Gasteiger partial charge in [-0.05, 0) is 62.7 Å². The Labute approximate surface area is 228 Å². The van der Waals surface area contributed by atoms with Crippen molar-refractivity contribution < 1.29 is 42.1 Å². The van der Waals surface area contributed by atoms with Crippen molar-refractivity contribution >= 4 is 23.7 Å². The first-order valence-corrected chi connectivity index (χ1v) is 12.0. The first-order valence-electron chi connectivity index (χ1n) is 12.0. The van der Waals surface area contributed by atoms with Crippen LogP contribution in [0.3, 0.4) is 0 Å². The number of halogens is 3. The Hall–Kier alpha value is -4.61. The highest BCUT2D eigenvalue weighted by Crippen LogP contribution is 2.38. The molecule has 212 valence electrons. The minimum Gasteiger partial charge on any atom is -0.478 e. The van der Waals surface area contributed by atoms with Crippen LogP contribution in [-0.2, 0) is 17.5 Å². The number of nitrogens with zero attached hydrogens (tertiary/aromatic N) is 3. The molecule has 0 spiro atoms. The van der Waals surface area contributed by atoms with Gasteiger partial charge in [0.05, 0.1) is 24.9 Å². The molecule has 0 bridgehead atoms. The molecule has 0 aliphatic heterocycles. The van der Waals surface area contributed by atoms with Crippen molar-refractivity contribution in [3.8, 4) is 11.6 Å². The van der Waals surface area contributed by atoms with Crippen LogP contribution in [0.1, 0.15) is 51.3 Å². The number of anilines is 1. The Bertz CT molecular complexity index is 1410. The summed E-state index contributed by atoms with van der Waals surface area (Å²) in [6, 6.07) is 10.7. The number of rotatable bonds is 8. The third-order valence-corrected chi connectivity index (χ3v) is 5.83. The van der Waals surface area contributed by atoms with E-state index in [0.717, 1.165) is 35.9 Å². The van der Waals surface area contributed by atoms with Gasteiger partial charge in [-0.15, -0.1) is 0 Å². The monoisotopic (exact) mass is 559 g/mol. The van der Waals surface area contributed by atoms with E-state index < -0.39 is 41.6 Å². The van der Waals surface area contributed by atoms with E-state index in [0.29, 0.717) is 5.56 Å². The molecule has 0 atom stereocenters. The predicted molar refractivity (Wildman–Crippen MR) is 140 cm³/mol. The molecule has 0 fully saturated rings. The molecule has 9 nitrogen and oxygen atoms in total. The molecule has 0 aliphatic rings. The van der Waals surface area contributed by atoms with Gasteiger partial charge in [0.1, 0.15) is 11.3 Å². The van der Waals surface area contributed by atoms with Crippen LogP contribution in [-0.4, -0.2) is 53.2 Å². The maximum atomic E-state index is 13.9. The highest BCUT2D eigenvalue weighted by Gasteiger charge is 2.36. The Morgan fingerprint density at radius 2 is 1.70 bits per heavy atom. The Morgan fingerprint density at radius 1 is 1.05 bits per heavy atom. The van der Waals surface area contributed by atoms with Gasteiger partial charge in [-0.2, -0.15) is 13.2 Å². The van der Waals surface area contributed by atoms with Gasteiger partial charge >= 0.3 is 18.2 Å². The first kappa shape index (κ1) is 29.9. The van der Waals surface area contributed by atoms with E-state index >= 15 is 0 Å². The zero-order valence-electron chi connectivity index (χ0n) is 22.4. The topological polar surface area (TPSA) is 109 Å². The van der Waals surface area contributed by atoms with Gasteiger partial charge in [-0.1, -0.05) is 17.7 Å². The summed E-state index contributed by atoms with van der Waals surface area (Å²) in [7, 11) is 2.49. The van der Waals surface area contributed by atoms with Crippen LogP contribution < -0.4 is 9.64 Å². The Morgan fingerprint density at radius 3 is 2.25 bits per heavy atom. The third kappa shape index (κ3) is 6.87. The maximum Gasteiger partial charge on any atom is 0.421 e. The summed E-state index contributed by atoms with van der Waals surface area (Å²) in [4.78, 5) is 43.2. The van der Waals surface area contributed by atoms with Gasteiger partial charge in [0.2, 0.25) is 5.88 Å². The van der Waals surface area contributed by atoms with Gasteiger partial charge in [0.15, 0.2) is 0 Å². The lowest BCUT2D eigenvalue weighted by molar-refractivity contribution is -0.139. The number of carbonyl (C=O) groups is 3. The van der Waals surface area contributed by atoms with E-state index in [4.69, 9.17) is 4.74 Å². The average Bonchev–Trinajstić information content (AvgIpc) is 2.89. The largest absolute Gasteiger partial charge is 0.478 e. The molecule has 1 N–H and O–H groups in total. The van der Waals surface area contributed by atoms with Crippen LogP contribution >= 0.6 is 0 Å². The lowest BCUT2D eigenvalue weighted by Crippen LogP contribution is -2.38. The molecule has 3 aromatic rings. The molecule has 0 saturated carbocycles. The number of carboxylic acids is 1. The van der Waals surface area contributed by atoms with Crippen LogP contribution in [0.4, 0.5) is 23.7 Å². The van der Waals surface area contributed by atoms with Crippen molar-refractivity contribution in [1.29, 1.82) is 0 Å². The van der Waals surface area contributed by atoms with E-state index in [9.17, 15) is 32.7 Å². The number of carboxylic acid groups (broad SMARTS) is 1. The van der Waals surface area contributed by atoms with Crippen LogP contribution in [0.2, 0.25) is 0 Å². The van der Waals surface area contributed by atoms with Crippen molar-refractivity contribution in [1.82, 2.24) is 9.88 Å². The highest BCUT2D eigenvalue weighted by molar-refractivity contribution is 6.09. The van der Waals surface area contributed by atoms with E-state index in [1.165, 1.54) is 24.1 Å². The zero-order chi connectivity index (χ0) is 29.8. The van der Waals surface area contributed by atoms with E-state index in [1.807, 2.05) is 6.92 Å². The number of hydrogen-bond acceptors (Lipinski definition) is 6. The second-order valence-corrected chi connectivity index (χ2v) is 9.24. The van der Waals surface area contributed by atoms with E-state index in [1.54, 1.807) is 38.1 Å². The third-order valence-electron chi connectivity index (χ3n) is 5.83. The fourth-order valence-corrected chi connectivity index (χ4v) is 3.89. The number of carbonyl (C=O) groups excluding carboxylic acids is 2. The van der Waals surface area contributed by atoms with Gasteiger partial charge in [-0.25, -0.2) is 14.6 Å².